The lowest BCUT2D eigenvalue weighted by molar-refractivity contribution is 0.102. The van der Waals surface area contributed by atoms with Crippen LogP contribution in [0.1, 0.15) is 10.4 Å². The maximum absolute atomic E-state index is 12.6. The van der Waals surface area contributed by atoms with Gasteiger partial charge in [-0.15, -0.1) is 6.58 Å². The van der Waals surface area contributed by atoms with Crippen LogP contribution in [-0.2, 0) is 10.0 Å². The van der Waals surface area contributed by atoms with Crippen molar-refractivity contribution in [3.8, 4) is 5.82 Å². The highest BCUT2D eigenvalue weighted by molar-refractivity contribution is 7.89. The summed E-state index contributed by atoms with van der Waals surface area (Å²) in [5, 5.41) is 2.73. The molecule has 4 aromatic rings. The maximum Gasteiger partial charge on any atom is 0.255 e. The quantitative estimate of drug-likeness (QED) is 0.436. The van der Waals surface area contributed by atoms with E-state index < -0.39 is 15.9 Å². The van der Waals surface area contributed by atoms with Crippen LogP contribution in [0, 0.1) is 0 Å². The van der Waals surface area contributed by atoms with Gasteiger partial charge in [-0.1, -0.05) is 24.3 Å². The van der Waals surface area contributed by atoms with Crippen molar-refractivity contribution in [1.82, 2.24) is 19.3 Å². The minimum Gasteiger partial charge on any atom is -0.321 e. The van der Waals surface area contributed by atoms with Crippen LogP contribution in [-0.4, -0.2) is 35.4 Å². The molecule has 0 radical (unpaired) electrons. The SMILES string of the molecule is C=CCNS(=O)(=O)c1cccc(C(=O)Nc2ccc(-n3cnc4ccccc43)nc2)c1. The minimum atomic E-state index is -3.72. The number of nitrogens with zero attached hydrogens (tertiary/aromatic N) is 3. The Balaban J connectivity index is 1.52. The number of hydrogen-bond acceptors (Lipinski definition) is 5. The van der Waals surface area contributed by atoms with Crippen LogP contribution >= 0.6 is 0 Å². The Hall–Kier alpha value is -3.82. The number of rotatable bonds is 7. The third-order valence-electron chi connectivity index (χ3n) is 4.53. The molecule has 9 heteroatoms. The second-order valence-electron chi connectivity index (χ2n) is 6.63. The Morgan fingerprint density at radius 1 is 1.06 bits per heavy atom. The van der Waals surface area contributed by atoms with E-state index >= 15 is 0 Å². The summed E-state index contributed by atoms with van der Waals surface area (Å²) >= 11 is 0. The molecule has 0 unspecified atom stereocenters. The van der Waals surface area contributed by atoms with Crippen LogP contribution in [0.5, 0.6) is 0 Å². The van der Waals surface area contributed by atoms with E-state index in [0.29, 0.717) is 11.5 Å². The number of carbonyl (C=O) groups is 1. The number of anilines is 1. The number of carbonyl (C=O) groups excluding carboxylic acids is 1. The van der Waals surface area contributed by atoms with Crippen molar-refractivity contribution in [1.29, 1.82) is 0 Å². The van der Waals surface area contributed by atoms with Gasteiger partial charge in [0.1, 0.15) is 12.1 Å². The van der Waals surface area contributed by atoms with Gasteiger partial charge in [0.25, 0.3) is 5.91 Å². The van der Waals surface area contributed by atoms with Crippen LogP contribution < -0.4 is 10.0 Å². The topological polar surface area (TPSA) is 106 Å². The number of imidazole rings is 1. The zero-order valence-electron chi connectivity index (χ0n) is 16.4. The van der Waals surface area contributed by atoms with Crippen molar-refractivity contribution in [2.45, 2.75) is 4.90 Å². The van der Waals surface area contributed by atoms with Gasteiger partial charge in [0.15, 0.2) is 0 Å². The molecule has 0 atom stereocenters. The van der Waals surface area contributed by atoms with E-state index in [1.807, 2.05) is 28.8 Å². The number of hydrogen-bond donors (Lipinski definition) is 2. The van der Waals surface area contributed by atoms with Crippen molar-refractivity contribution < 1.29 is 13.2 Å². The van der Waals surface area contributed by atoms with E-state index in [9.17, 15) is 13.2 Å². The molecule has 4 rings (SSSR count). The lowest BCUT2D eigenvalue weighted by atomic mass is 10.2. The fourth-order valence-corrected chi connectivity index (χ4v) is 4.05. The molecule has 0 aliphatic carbocycles. The normalized spacial score (nSPS) is 11.4. The van der Waals surface area contributed by atoms with Crippen LogP contribution in [0.15, 0.2) is 90.7 Å². The van der Waals surface area contributed by atoms with Crippen molar-refractivity contribution in [2.75, 3.05) is 11.9 Å². The molecule has 0 aliphatic heterocycles. The Kier molecular flexibility index (Phi) is 5.61. The van der Waals surface area contributed by atoms with E-state index in [0.717, 1.165) is 11.0 Å². The van der Waals surface area contributed by atoms with Crippen molar-refractivity contribution in [2.24, 2.45) is 0 Å². The van der Waals surface area contributed by atoms with E-state index in [4.69, 9.17) is 0 Å². The summed E-state index contributed by atoms with van der Waals surface area (Å²) in [6.07, 6.45) is 4.67. The number of nitrogens with one attached hydrogen (secondary N) is 2. The summed E-state index contributed by atoms with van der Waals surface area (Å²) in [7, 11) is -3.72. The highest BCUT2D eigenvalue weighted by Crippen LogP contribution is 2.18. The largest absolute Gasteiger partial charge is 0.321 e. The average Bonchev–Trinajstić information content (AvgIpc) is 3.22. The van der Waals surface area contributed by atoms with Gasteiger partial charge in [0, 0.05) is 12.1 Å². The molecular weight excluding hydrogens is 414 g/mol. The van der Waals surface area contributed by atoms with Crippen LogP contribution in [0.25, 0.3) is 16.9 Å². The number of pyridine rings is 1. The number of fused-ring (bicyclic) bond motifs is 1. The first-order valence-corrected chi connectivity index (χ1v) is 10.9. The Morgan fingerprint density at radius 3 is 2.68 bits per heavy atom. The predicted molar refractivity (Wildman–Crippen MR) is 119 cm³/mol. The minimum absolute atomic E-state index is 0.00228. The molecule has 1 amide bonds. The van der Waals surface area contributed by atoms with Gasteiger partial charge in [0.05, 0.1) is 27.8 Å². The highest BCUT2D eigenvalue weighted by atomic mass is 32.2. The summed E-state index contributed by atoms with van der Waals surface area (Å²) in [5.74, 6) is 0.219. The van der Waals surface area contributed by atoms with Gasteiger partial charge >= 0.3 is 0 Å². The molecule has 0 spiro atoms. The van der Waals surface area contributed by atoms with Gasteiger partial charge < -0.3 is 5.32 Å². The third-order valence-corrected chi connectivity index (χ3v) is 5.95. The zero-order valence-corrected chi connectivity index (χ0v) is 17.2. The average molecular weight is 433 g/mol. The molecule has 0 fully saturated rings. The van der Waals surface area contributed by atoms with Crippen LogP contribution in [0.3, 0.4) is 0 Å². The molecule has 0 saturated carbocycles. The van der Waals surface area contributed by atoms with Gasteiger partial charge in [-0.25, -0.2) is 23.1 Å². The second-order valence-corrected chi connectivity index (χ2v) is 8.40. The fraction of sp³-hybridized carbons (Fsp3) is 0.0455. The number of benzene rings is 2. The number of amides is 1. The van der Waals surface area contributed by atoms with Gasteiger partial charge in [0.2, 0.25) is 10.0 Å². The smallest absolute Gasteiger partial charge is 0.255 e. The zero-order chi connectivity index (χ0) is 21.8. The summed E-state index contributed by atoms with van der Waals surface area (Å²) in [4.78, 5) is 21.4. The van der Waals surface area contributed by atoms with Gasteiger partial charge in [-0.3, -0.25) is 9.36 Å². The second kappa shape index (κ2) is 8.50. The van der Waals surface area contributed by atoms with Crippen molar-refractivity contribution in [3.05, 3.63) is 91.4 Å². The Bertz CT molecular complexity index is 1360. The Morgan fingerprint density at radius 2 is 1.90 bits per heavy atom. The highest BCUT2D eigenvalue weighted by Gasteiger charge is 2.16. The third kappa shape index (κ3) is 4.37. The monoisotopic (exact) mass is 433 g/mol. The number of sulfonamides is 1. The molecular formula is C22H19N5O3S. The lowest BCUT2D eigenvalue weighted by Gasteiger charge is -2.09. The van der Waals surface area contributed by atoms with Crippen LogP contribution in [0.2, 0.25) is 0 Å². The summed E-state index contributed by atoms with van der Waals surface area (Å²) in [6, 6.07) is 17.0. The first-order valence-electron chi connectivity index (χ1n) is 9.38. The molecule has 156 valence electrons. The van der Waals surface area contributed by atoms with Gasteiger partial charge in [-0.05, 0) is 42.5 Å². The van der Waals surface area contributed by atoms with Crippen LogP contribution in [0.4, 0.5) is 5.69 Å². The van der Waals surface area contributed by atoms with Crippen molar-refractivity contribution >= 4 is 32.7 Å². The predicted octanol–water partition coefficient (Wildman–Crippen LogP) is 3.14. The first kappa shape index (κ1) is 20.5. The van der Waals surface area contributed by atoms with Gasteiger partial charge in [-0.2, -0.15) is 0 Å². The molecule has 8 nitrogen and oxygen atoms in total. The first-order chi connectivity index (χ1) is 15.0. The molecule has 0 bridgehead atoms. The molecule has 2 aromatic carbocycles. The fourth-order valence-electron chi connectivity index (χ4n) is 3.00. The molecule has 0 saturated heterocycles. The number of aromatic nitrogens is 3. The summed E-state index contributed by atoms with van der Waals surface area (Å²) in [5.41, 5.74) is 2.48. The maximum atomic E-state index is 12.6. The molecule has 0 aliphatic rings. The van der Waals surface area contributed by atoms with E-state index in [-0.39, 0.29) is 17.0 Å². The summed E-state index contributed by atoms with van der Waals surface area (Å²) in [6.45, 7) is 3.59. The standard InChI is InChI=1S/C22H19N5O3S/c1-2-12-25-31(29,30)18-7-5-6-16(13-18)22(28)26-17-10-11-21(23-14-17)27-15-24-19-8-3-4-9-20(19)27/h2-11,13-15,25H,1,12H2,(H,26,28). The lowest BCUT2D eigenvalue weighted by Crippen LogP contribution is -2.24. The van der Waals surface area contributed by atoms with Crippen molar-refractivity contribution in [3.63, 3.8) is 0 Å². The van der Waals surface area contributed by atoms with E-state index in [1.54, 1.807) is 24.5 Å². The summed E-state index contributed by atoms with van der Waals surface area (Å²) < 4.78 is 28.7. The molecule has 2 heterocycles. The Labute approximate surface area is 179 Å². The molecule has 2 aromatic heterocycles. The molecule has 2 N–H and O–H groups in total. The van der Waals surface area contributed by atoms with E-state index in [2.05, 4.69) is 26.6 Å². The number of para-hydroxylation sites is 2. The molecule has 31 heavy (non-hydrogen) atoms. The van der Waals surface area contributed by atoms with E-state index in [1.165, 1.54) is 30.5 Å².